The van der Waals surface area contributed by atoms with E-state index < -0.39 is 28.4 Å². The zero-order valence-corrected chi connectivity index (χ0v) is 13.6. The molecule has 4 amide bonds. The number of carboxylic acid groups (broad SMARTS) is 1. The number of fused-ring (bicyclic) bond motifs is 2. The number of carbonyl (C=O) groups excluding carboxylic acids is 3. The van der Waals surface area contributed by atoms with Crippen molar-refractivity contribution in [2.45, 2.75) is 17.6 Å². The number of imide groups is 1. The molecule has 0 radical (unpaired) electrons. The zero-order chi connectivity index (χ0) is 17.5. The van der Waals surface area contributed by atoms with Gasteiger partial charge in [0.15, 0.2) is 0 Å². The van der Waals surface area contributed by atoms with Crippen molar-refractivity contribution in [1.82, 2.24) is 10.2 Å². The highest BCUT2D eigenvalue weighted by molar-refractivity contribution is 8.15. The molecule has 0 unspecified atom stereocenters. The number of hydrogen-bond acceptors (Lipinski definition) is 5. The number of nitrogens with zero attached hydrogens (tertiary/aromatic N) is 1. The maximum Gasteiger partial charge on any atom is 0.323 e. The predicted molar refractivity (Wildman–Crippen MR) is 86.9 cm³/mol. The molecule has 2 aliphatic rings. The number of carboxylic acids is 1. The Morgan fingerprint density at radius 3 is 2.79 bits per heavy atom. The first kappa shape index (κ1) is 16.3. The van der Waals surface area contributed by atoms with Crippen molar-refractivity contribution in [2.75, 3.05) is 18.9 Å². The van der Waals surface area contributed by atoms with Crippen LogP contribution in [0.1, 0.15) is 17.5 Å². The van der Waals surface area contributed by atoms with Gasteiger partial charge in [-0.05, 0) is 47.9 Å². The number of carbonyl (C=O) groups is 4. The largest absolute Gasteiger partial charge is 0.480 e. The van der Waals surface area contributed by atoms with Gasteiger partial charge in [-0.2, -0.15) is 0 Å². The molecule has 3 N–H and O–H groups in total. The number of anilines is 1. The van der Waals surface area contributed by atoms with E-state index in [1.807, 2.05) is 0 Å². The number of aryl methyl sites for hydroxylation is 1. The van der Waals surface area contributed by atoms with E-state index >= 15 is 0 Å². The van der Waals surface area contributed by atoms with E-state index in [-0.39, 0.29) is 6.03 Å². The SMILES string of the molecule is CNC(=O)Nc1ccc2c(c1)CC[C@@]21SC(=O)N(CC(=O)O)C1=O. The Labute approximate surface area is 141 Å². The Morgan fingerprint density at radius 2 is 2.12 bits per heavy atom. The molecule has 0 aromatic heterocycles. The van der Waals surface area contributed by atoms with Gasteiger partial charge in [-0.25, -0.2) is 4.79 Å². The van der Waals surface area contributed by atoms with Crippen LogP contribution in [0, 0.1) is 0 Å². The molecule has 1 aliphatic heterocycles. The van der Waals surface area contributed by atoms with Gasteiger partial charge in [0.1, 0.15) is 11.3 Å². The summed E-state index contributed by atoms with van der Waals surface area (Å²) in [6, 6.07) is 4.81. The number of rotatable bonds is 3. The van der Waals surface area contributed by atoms with Crippen molar-refractivity contribution in [3.05, 3.63) is 29.3 Å². The molecule has 9 heteroatoms. The summed E-state index contributed by atoms with van der Waals surface area (Å²) in [6.45, 7) is -0.627. The Bertz CT molecular complexity index is 765. The summed E-state index contributed by atoms with van der Waals surface area (Å²) in [5, 5.41) is 13.4. The Kier molecular flexibility index (Phi) is 3.96. The van der Waals surface area contributed by atoms with Gasteiger partial charge in [-0.1, -0.05) is 6.07 Å². The van der Waals surface area contributed by atoms with E-state index in [4.69, 9.17) is 5.11 Å². The summed E-state index contributed by atoms with van der Waals surface area (Å²) < 4.78 is -1.05. The minimum atomic E-state index is -1.22. The number of benzene rings is 1. The third-order valence-electron chi connectivity index (χ3n) is 4.14. The second-order valence-electron chi connectivity index (χ2n) is 5.56. The molecule has 3 rings (SSSR count). The van der Waals surface area contributed by atoms with Crippen LogP contribution < -0.4 is 10.6 Å². The lowest BCUT2D eigenvalue weighted by Crippen LogP contribution is -2.39. The average molecular weight is 349 g/mol. The van der Waals surface area contributed by atoms with Gasteiger partial charge in [0, 0.05) is 12.7 Å². The molecule has 0 bridgehead atoms. The summed E-state index contributed by atoms with van der Waals surface area (Å²) in [6.07, 6.45) is 1.00. The van der Waals surface area contributed by atoms with Crippen LogP contribution in [0.2, 0.25) is 0 Å². The molecule has 24 heavy (non-hydrogen) atoms. The van der Waals surface area contributed by atoms with Crippen LogP contribution in [-0.4, -0.2) is 46.7 Å². The van der Waals surface area contributed by atoms with Gasteiger partial charge < -0.3 is 15.7 Å². The maximum absolute atomic E-state index is 12.7. The predicted octanol–water partition coefficient (Wildman–Crippen LogP) is 1.36. The van der Waals surface area contributed by atoms with E-state index in [0.717, 1.165) is 22.2 Å². The average Bonchev–Trinajstić information content (AvgIpc) is 3.00. The highest BCUT2D eigenvalue weighted by atomic mass is 32.2. The van der Waals surface area contributed by atoms with Crippen molar-refractivity contribution < 1.29 is 24.3 Å². The van der Waals surface area contributed by atoms with E-state index in [9.17, 15) is 19.2 Å². The second kappa shape index (κ2) is 5.82. The fourth-order valence-corrected chi connectivity index (χ4v) is 4.33. The Balaban J connectivity index is 1.92. The van der Waals surface area contributed by atoms with Gasteiger partial charge in [0.25, 0.3) is 11.1 Å². The van der Waals surface area contributed by atoms with Gasteiger partial charge in [0.2, 0.25) is 0 Å². The summed E-state index contributed by atoms with van der Waals surface area (Å²) in [5.74, 6) is -1.71. The molecule has 1 aromatic rings. The molecular weight excluding hydrogens is 334 g/mol. The molecule has 8 nitrogen and oxygen atoms in total. The molecule has 126 valence electrons. The molecule has 0 saturated carbocycles. The first-order valence-electron chi connectivity index (χ1n) is 7.26. The fraction of sp³-hybridized carbons (Fsp3) is 0.333. The fourth-order valence-electron chi connectivity index (χ4n) is 3.06. The van der Waals surface area contributed by atoms with Crippen LogP contribution in [0.4, 0.5) is 15.3 Å². The molecular formula is C15H15N3O5S. The monoisotopic (exact) mass is 349 g/mol. The van der Waals surface area contributed by atoms with E-state index in [1.54, 1.807) is 18.2 Å². The Hall–Kier alpha value is -2.55. The van der Waals surface area contributed by atoms with Crippen molar-refractivity contribution in [3.8, 4) is 0 Å². The van der Waals surface area contributed by atoms with E-state index in [0.29, 0.717) is 24.1 Å². The number of amides is 4. The van der Waals surface area contributed by atoms with Crippen LogP contribution in [0.5, 0.6) is 0 Å². The lowest BCUT2D eigenvalue weighted by atomic mass is 9.98. The van der Waals surface area contributed by atoms with Crippen molar-refractivity contribution in [2.24, 2.45) is 0 Å². The molecule has 1 saturated heterocycles. The second-order valence-corrected chi connectivity index (χ2v) is 6.81. The number of thioether (sulfide) groups is 1. The van der Waals surface area contributed by atoms with Crippen LogP contribution in [0.3, 0.4) is 0 Å². The third-order valence-corrected chi connectivity index (χ3v) is 5.48. The lowest BCUT2D eigenvalue weighted by Gasteiger charge is -2.21. The van der Waals surface area contributed by atoms with Crippen molar-refractivity contribution in [3.63, 3.8) is 0 Å². The zero-order valence-electron chi connectivity index (χ0n) is 12.8. The topological polar surface area (TPSA) is 116 Å². The normalized spacial score (nSPS) is 22.0. The number of nitrogens with one attached hydrogen (secondary N) is 2. The highest BCUT2D eigenvalue weighted by Gasteiger charge is 2.56. The molecule has 1 fully saturated rings. The minimum Gasteiger partial charge on any atom is -0.480 e. The number of hydrogen-bond donors (Lipinski definition) is 3. The number of aliphatic carboxylic acids is 1. The van der Waals surface area contributed by atoms with Crippen LogP contribution in [0.25, 0.3) is 0 Å². The first-order chi connectivity index (χ1) is 11.4. The highest BCUT2D eigenvalue weighted by Crippen LogP contribution is 2.53. The van der Waals surface area contributed by atoms with Gasteiger partial charge >= 0.3 is 12.0 Å². The van der Waals surface area contributed by atoms with Gasteiger partial charge in [0.05, 0.1) is 0 Å². The van der Waals surface area contributed by atoms with Crippen LogP contribution >= 0.6 is 11.8 Å². The van der Waals surface area contributed by atoms with E-state index in [1.165, 1.54) is 7.05 Å². The summed E-state index contributed by atoms with van der Waals surface area (Å²) in [7, 11) is 1.51. The Morgan fingerprint density at radius 1 is 1.38 bits per heavy atom. The molecule has 1 heterocycles. The first-order valence-corrected chi connectivity index (χ1v) is 8.08. The summed E-state index contributed by atoms with van der Waals surface area (Å²) >= 11 is 0.875. The summed E-state index contributed by atoms with van der Waals surface area (Å²) in [4.78, 5) is 47.8. The van der Waals surface area contributed by atoms with Gasteiger partial charge in [-0.15, -0.1) is 0 Å². The van der Waals surface area contributed by atoms with E-state index in [2.05, 4.69) is 10.6 Å². The molecule has 1 atom stereocenters. The quantitative estimate of drug-likeness (QED) is 0.759. The van der Waals surface area contributed by atoms with Crippen molar-refractivity contribution >= 4 is 40.6 Å². The lowest BCUT2D eigenvalue weighted by molar-refractivity contribution is -0.142. The molecule has 1 aliphatic carbocycles. The number of urea groups is 1. The van der Waals surface area contributed by atoms with Gasteiger partial charge in [-0.3, -0.25) is 19.3 Å². The van der Waals surface area contributed by atoms with Crippen LogP contribution in [-0.2, 0) is 20.8 Å². The minimum absolute atomic E-state index is 0.350. The van der Waals surface area contributed by atoms with Crippen molar-refractivity contribution in [1.29, 1.82) is 0 Å². The molecule has 1 spiro atoms. The summed E-state index contributed by atoms with van der Waals surface area (Å²) in [5.41, 5.74) is 2.17. The smallest absolute Gasteiger partial charge is 0.323 e. The molecule has 1 aromatic carbocycles. The standard InChI is InChI=1S/C15H15N3O5S/c1-16-13(22)17-9-2-3-10-8(6-9)4-5-15(10)12(21)18(7-11(19)20)14(23)24-15/h2-3,6H,4-5,7H2,1H3,(H,19,20)(H2,16,17,22)/t15-/m1/s1. The van der Waals surface area contributed by atoms with Crippen LogP contribution in [0.15, 0.2) is 18.2 Å². The maximum atomic E-state index is 12.7. The third kappa shape index (κ3) is 2.50.